The highest BCUT2D eigenvalue weighted by atomic mass is 16.5. The van der Waals surface area contributed by atoms with Gasteiger partial charge in [0.2, 0.25) is 5.91 Å². The number of piperidine rings is 1. The summed E-state index contributed by atoms with van der Waals surface area (Å²) in [5, 5.41) is 3.23. The van der Waals surface area contributed by atoms with Gasteiger partial charge in [0, 0.05) is 44.3 Å². The fourth-order valence-corrected chi connectivity index (χ4v) is 5.48. The fourth-order valence-electron chi connectivity index (χ4n) is 5.48. The normalized spacial score (nSPS) is 22.8. The number of hydrogen-bond donors (Lipinski definition) is 1. The maximum atomic E-state index is 13.2. The topological polar surface area (TPSA) is 76.2 Å². The molecule has 0 spiro atoms. The molecule has 2 aromatic rings. The number of pyridine rings is 1. The van der Waals surface area contributed by atoms with E-state index in [0.29, 0.717) is 18.4 Å². The van der Waals surface area contributed by atoms with Gasteiger partial charge in [0.15, 0.2) is 11.5 Å². The van der Waals surface area contributed by atoms with Gasteiger partial charge in [0.05, 0.1) is 32.9 Å². The van der Waals surface area contributed by atoms with E-state index >= 15 is 0 Å². The van der Waals surface area contributed by atoms with Crippen LogP contribution in [0.5, 0.6) is 17.2 Å². The van der Waals surface area contributed by atoms with Crippen molar-refractivity contribution in [2.24, 2.45) is 11.8 Å². The maximum absolute atomic E-state index is 13.2. The van der Waals surface area contributed by atoms with Crippen molar-refractivity contribution < 1.29 is 19.0 Å². The molecule has 36 heavy (non-hydrogen) atoms. The molecule has 196 valence electrons. The zero-order valence-electron chi connectivity index (χ0n) is 21.8. The van der Waals surface area contributed by atoms with Gasteiger partial charge in [-0.15, -0.1) is 0 Å². The third kappa shape index (κ3) is 7.11. The average molecular weight is 497 g/mol. The number of aromatic nitrogens is 1. The molecular formula is C28H40N4O4. The van der Waals surface area contributed by atoms with Gasteiger partial charge in [0.25, 0.3) is 0 Å². The molecule has 3 atom stereocenters. The third-order valence-electron chi connectivity index (χ3n) is 7.41. The highest BCUT2D eigenvalue weighted by molar-refractivity contribution is 5.79. The highest BCUT2D eigenvalue weighted by Gasteiger charge is 2.32. The second-order valence-corrected chi connectivity index (χ2v) is 10.0. The summed E-state index contributed by atoms with van der Waals surface area (Å²) in [6.07, 6.45) is 7.77. The van der Waals surface area contributed by atoms with E-state index in [0.717, 1.165) is 62.6 Å². The van der Waals surface area contributed by atoms with Crippen LogP contribution in [0.1, 0.15) is 31.2 Å². The molecule has 1 aromatic carbocycles. The number of benzene rings is 1. The number of nitrogens with one attached hydrogen (secondary N) is 1. The minimum atomic E-state index is -0.0669. The first kappa shape index (κ1) is 26.2. The zero-order valence-corrected chi connectivity index (χ0v) is 21.8. The zero-order chi connectivity index (χ0) is 25.3. The van der Waals surface area contributed by atoms with E-state index in [4.69, 9.17) is 14.2 Å². The molecular weight excluding hydrogens is 456 g/mol. The van der Waals surface area contributed by atoms with Gasteiger partial charge in [-0.05, 0) is 69.1 Å². The van der Waals surface area contributed by atoms with Gasteiger partial charge in [-0.1, -0.05) is 6.07 Å². The largest absolute Gasteiger partial charge is 0.493 e. The predicted octanol–water partition coefficient (Wildman–Crippen LogP) is 3.22. The molecule has 1 N–H and O–H groups in total. The standard InChI is InChI=1S/C28H40N4O4/c1-31-13-5-6-24(31)10-12-30-28(33)23-14-22(20-36-25-7-4-11-29-16-25)18-32(19-23)17-21-8-9-26(34-2)27(15-21)35-3/h4,7-9,11,15-16,22-24H,5-6,10,12-14,17-20H2,1-3H3,(H,30,33)/t22-,23+,24-/m0/s1. The van der Waals surface area contributed by atoms with E-state index in [1.807, 2.05) is 24.3 Å². The van der Waals surface area contributed by atoms with E-state index in [-0.39, 0.29) is 17.7 Å². The lowest BCUT2D eigenvalue weighted by molar-refractivity contribution is -0.127. The van der Waals surface area contributed by atoms with Crippen LogP contribution in [-0.4, -0.2) is 80.8 Å². The highest BCUT2D eigenvalue weighted by Crippen LogP contribution is 2.30. The number of likely N-dealkylation sites (tertiary alicyclic amines) is 2. The van der Waals surface area contributed by atoms with Gasteiger partial charge < -0.3 is 24.4 Å². The van der Waals surface area contributed by atoms with Crippen molar-refractivity contribution in [2.45, 2.75) is 38.3 Å². The molecule has 8 heteroatoms. The summed E-state index contributed by atoms with van der Waals surface area (Å²) in [5.74, 6) is 2.52. The van der Waals surface area contributed by atoms with Crippen molar-refractivity contribution in [1.82, 2.24) is 20.1 Å². The van der Waals surface area contributed by atoms with E-state index in [2.05, 4.69) is 33.2 Å². The smallest absolute Gasteiger partial charge is 0.224 e. The Balaban J connectivity index is 1.39. The van der Waals surface area contributed by atoms with Gasteiger partial charge in [0.1, 0.15) is 5.75 Å². The molecule has 2 aliphatic rings. The van der Waals surface area contributed by atoms with Crippen LogP contribution in [0, 0.1) is 11.8 Å². The summed E-state index contributed by atoms with van der Waals surface area (Å²) in [4.78, 5) is 22.1. The van der Waals surface area contributed by atoms with Crippen LogP contribution in [0.15, 0.2) is 42.7 Å². The Morgan fingerprint density at radius 2 is 2.03 bits per heavy atom. The molecule has 3 heterocycles. The summed E-state index contributed by atoms with van der Waals surface area (Å²) in [6.45, 7) is 4.78. The van der Waals surface area contributed by atoms with E-state index < -0.39 is 0 Å². The maximum Gasteiger partial charge on any atom is 0.224 e. The molecule has 0 aliphatic carbocycles. The number of methoxy groups -OCH3 is 2. The predicted molar refractivity (Wildman–Crippen MR) is 139 cm³/mol. The molecule has 2 fully saturated rings. The van der Waals surface area contributed by atoms with Crippen molar-refractivity contribution in [1.29, 1.82) is 0 Å². The van der Waals surface area contributed by atoms with Crippen LogP contribution in [0.2, 0.25) is 0 Å². The molecule has 0 bridgehead atoms. The molecule has 1 amide bonds. The average Bonchev–Trinajstić information content (AvgIpc) is 3.32. The Morgan fingerprint density at radius 3 is 2.75 bits per heavy atom. The van der Waals surface area contributed by atoms with Crippen LogP contribution in [0.3, 0.4) is 0 Å². The summed E-state index contributed by atoms with van der Waals surface area (Å²) < 4.78 is 16.9. The molecule has 0 saturated carbocycles. The first-order valence-electron chi connectivity index (χ1n) is 13.0. The van der Waals surface area contributed by atoms with Crippen LogP contribution in [0.25, 0.3) is 0 Å². The van der Waals surface area contributed by atoms with Crippen molar-refractivity contribution >= 4 is 5.91 Å². The molecule has 0 radical (unpaired) electrons. The van der Waals surface area contributed by atoms with Crippen LogP contribution >= 0.6 is 0 Å². The van der Waals surface area contributed by atoms with E-state index in [1.54, 1.807) is 26.6 Å². The molecule has 4 rings (SSSR count). The van der Waals surface area contributed by atoms with Crippen LogP contribution < -0.4 is 19.5 Å². The fraction of sp³-hybridized carbons (Fsp3) is 0.571. The number of amides is 1. The van der Waals surface area contributed by atoms with E-state index in [9.17, 15) is 4.79 Å². The molecule has 2 saturated heterocycles. The van der Waals surface area contributed by atoms with Crippen molar-refractivity contribution in [3.8, 4) is 17.2 Å². The van der Waals surface area contributed by atoms with Crippen molar-refractivity contribution in [3.05, 3.63) is 48.3 Å². The number of carbonyl (C=O) groups excluding carboxylic acids is 1. The molecule has 1 aromatic heterocycles. The Labute approximate surface area is 214 Å². The Hall–Kier alpha value is -2.84. The first-order valence-corrected chi connectivity index (χ1v) is 13.0. The molecule has 2 aliphatic heterocycles. The van der Waals surface area contributed by atoms with Crippen LogP contribution in [-0.2, 0) is 11.3 Å². The Morgan fingerprint density at radius 1 is 1.17 bits per heavy atom. The lowest BCUT2D eigenvalue weighted by Crippen LogP contribution is -2.47. The second kappa shape index (κ2) is 12.9. The lowest BCUT2D eigenvalue weighted by atomic mass is 9.88. The SMILES string of the molecule is COc1ccc(CN2C[C@@H](COc3cccnc3)C[C@@H](C(=O)NCC[C@@H]3CCCN3C)C2)cc1OC. The van der Waals surface area contributed by atoms with Crippen molar-refractivity contribution in [3.63, 3.8) is 0 Å². The van der Waals surface area contributed by atoms with Crippen molar-refractivity contribution in [2.75, 3.05) is 54.1 Å². The third-order valence-corrected chi connectivity index (χ3v) is 7.41. The molecule has 0 unspecified atom stereocenters. The minimum absolute atomic E-state index is 0.0669. The van der Waals surface area contributed by atoms with Gasteiger partial charge in [-0.3, -0.25) is 14.7 Å². The number of nitrogens with zero attached hydrogens (tertiary/aromatic N) is 3. The Kier molecular flexibility index (Phi) is 9.41. The number of carbonyl (C=O) groups is 1. The van der Waals surface area contributed by atoms with Crippen LogP contribution in [0.4, 0.5) is 0 Å². The summed E-state index contributed by atoms with van der Waals surface area (Å²) >= 11 is 0. The number of ether oxygens (including phenoxy) is 3. The molecule has 8 nitrogen and oxygen atoms in total. The Bertz CT molecular complexity index is 973. The lowest BCUT2D eigenvalue weighted by Gasteiger charge is -2.37. The summed E-state index contributed by atoms with van der Waals surface area (Å²) in [7, 11) is 5.47. The number of rotatable bonds is 11. The first-order chi connectivity index (χ1) is 17.6. The van der Waals surface area contributed by atoms with Gasteiger partial charge >= 0.3 is 0 Å². The minimum Gasteiger partial charge on any atom is -0.493 e. The monoisotopic (exact) mass is 496 g/mol. The second-order valence-electron chi connectivity index (χ2n) is 10.0. The van der Waals surface area contributed by atoms with Gasteiger partial charge in [-0.2, -0.15) is 0 Å². The van der Waals surface area contributed by atoms with E-state index in [1.165, 1.54) is 12.8 Å². The summed E-state index contributed by atoms with van der Waals surface area (Å²) in [6, 6.07) is 10.4. The quantitative estimate of drug-likeness (QED) is 0.512. The summed E-state index contributed by atoms with van der Waals surface area (Å²) in [5.41, 5.74) is 1.13. The number of hydrogen-bond acceptors (Lipinski definition) is 7. The van der Waals surface area contributed by atoms with Gasteiger partial charge in [-0.25, -0.2) is 0 Å².